The average molecular weight is 864 g/mol. The Hall–Kier alpha value is -9.55. The molecule has 0 amide bonds. The molecule has 0 bridgehead atoms. The number of aromatic nitrogens is 3. The Labute approximate surface area is 394 Å². The first-order valence-electron chi connectivity index (χ1n) is 22.5. The van der Waals surface area contributed by atoms with Gasteiger partial charge in [0.25, 0.3) is 0 Å². The maximum Gasteiger partial charge on any atom is 0.164 e. The van der Waals surface area contributed by atoms with Crippen LogP contribution in [0, 0.1) is 22.7 Å². The first kappa shape index (κ1) is 40.0. The van der Waals surface area contributed by atoms with E-state index in [0.717, 1.165) is 61.2 Å². The van der Waals surface area contributed by atoms with Crippen LogP contribution in [0.25, 0.3) is 123 Å². The van der Waals surface area contributed by atoms with Crippen LogP contribution in [-0.4, -0.2) is 15.0 Å². The van der Waals surface area contributed by atoms with Gasteiger partial charge in [0, 0.05) is 22.3 Å². The van der Waals surface area contributed by atoms with Crippen LogP contribution in [0.4, 0.5) is 0 Å². The summed E-state index contributed by atoms with van der Waals surface area (Å²) in [5, 5.41) is 22.3. The van der Waals surface area contributed by atoms with E-state index in [2.05, 4.69) is 133 Å². The minimum Gasteiger partial charge on any atom is -0.208 e. The molecule has 5 heteroatoms. The van der Waals surface area contributed by atoms with Crippen LogP contribution in [0.2, 0.25) is 0 Å². The summed E-state index contributed by atoms with van der Waals surface area (Å²) in [7, 11) is 0. The van der Waals surface area contributed by atoms with Crippen molar-refractivity contribution in [3.8, 4) is 124 Å². The average Bonchev–Trinajstić information content (AvgIpc) is 3.76. The van der Waals surface area contributed by atoms with E-state index in [1.165, 1.54) is 44.2 Å². The van der Waals surface area contributed by atoms with Crippen molar-refractivity contribution in [3.63, 3.8) is 0 Å². The Kier molecular flexibility index (Phi) is 9.87. The second-order valence-electron chi connectivity index (χ2n) is 17.0. The fraction of sp³-hybridized carbons (Fsp3) is 0. The molecular weight excluding hydrogens is 827 g/mol. The fourth-order valence-electron chi connectivity index (χ4n) is 9.59. The highest BCUT2D eigenvalue weighted by atomic mass is 15.0. The number of hydrogen-bond donors (Lipinski definition) is 0. The van der Waals surface area contributed by atoms with Crippen LogP contribution in [0.15, 0.2) is 224 Å². The second-order valence-corrected chi connectivity index (χ2v) is 17.0. The number of hydrogen-bond acceptors (Lipinski definition) is 5. The normalized spacial score (nSPS) is 11.2. The number of rotatable bonds is 8. The van der Waals surface area contributed by atoms with Crippen LogP contribution < -0.4 is 0 Å². The molecule has 0 spiro atoms. The van der Waals surface area contributed by atoms with Gasteiger partial charge in [-0.1, -0.05) is 182 Å². The van der Waals surface area contributed by atoms with Crippen molar-refractivity contribution in [2.45, 2.75) is 0 Å². The number of nitrogens with zero attached hydrogens (tertiary/aromatic N) is 5. The summed E-state index contributed by atoms with van der Waals surface area (Å²) in [6, 6.07) is 81.7. The molecule has 1 aliphatic carbocycles. The zero-order valence-corrected chi connectivity index (χ0v) is 36.6. The summed E-state index contributed by atoms with van der Waals surface area (Å²) in [4.78, 5) is 15.1. The summed E-state index contributed by atoms with van der Waals surface area (Å²) in [6.45, 7) is 0. The van der Waals surface area contributed by atoms with E-state index in [4.69, 9.17) is 15.0 Å². The molecule has 68 heavy (non-hydrogen) atoms. The molecule has 11 aromatic rings. The highest BCUT2D eigenvalue weighted by molar-refractivity contribution is 6.19. The van der Waals surface area contributed by atoms with Crippen molar-refractivity contribution in [1.29, 1.82) is 10.5 Å². The molecule has 0 fully saturated rings. The standard InChI is InChI=1S/C63H37N5/c64-38-40-22-24-41(25-23-40)47-14-7-17-51(35-47)62-66-61(45-10-2-1-3-11-45)67-63(68-62)52-18-8-16-50(36-52)58-37-49(30-31-53(58)39-65)48-15-6-13-46(34-48)42-26-28-43(29-27-42)54-33-32-44-12-9-21-56-55-19-4-5-20-57(55)60(54)59(44)56/h1-37H. The third-order valence-electron chi connectivity index (χ3n) is 13.0. The quantitative estimate of drug-likeness (QED) is 0.152. The second kappa shape index (κ2) is 16.8. The molecule has 0 atom stereocenters. The SMILES string of the molecule is N#Cc1ccc(-c2cccc(-c3nc(-c4ccccc4)nc(-c4cccc(-c5cc(-c6cccc(-c7ccc(-c8ccc9cccc%10c9c8-c8ccccc8-%10)cc7)c6)ccc5C#N)c4)n3)c2)cc1. The largest absolute Gasteiger partial charge is 0.208 e. The Morgan fingerprint density at radius 1 is 0.279 bits per heavy atom. The fourth-order valence-corrected chi connectivity index (χ4v) is 9.59. The van der Waals surface area contributed by atoms with E-state index in [1.54, 1.807) is 0 Å². The van der Waals surface area contributed by atoms with Crippen LogP contribution in [0.3, 0.4) is 0 Å². The minimum absolute atomic E-state index is 0.520. The van der Waals surface area contributed by atoms with Gasteiger partial charge in [-0.05, 0) is 126 Å². The number of benzene rings is 10. The van der Waals surface area contributed by atoms with Gasteiger partial charge in [0.05, 0.1) is 23.3 Å². The van der Waals surface area contributed by atoms with Crippen LogP contribution >= 0.6 is 0 Å². The third-order valence-corrected chi connectivity index (χ3v) is 13.0. The molecule has 5 nitrogen and oxygen atoms in total. The van der Waals surface area contributed by atoms with Gasteiger partial charge >= 0.3 is 0 Å². The van der Waals surface area contributed by atoms with Gasteiger partial charge in [0.15, 0.2) is 17.5 Å². The van der Waals surface area contributed by atoms with Gasteiger partial charge in [0.1, 0.15) is 0 Å². The van der Waals surface area contributed by atoms with Gasteiger partial charge in [-0.25, -0.2) is 15.0 Å². The van der Waals surface area contributed by atoms with Crippen molar-refractivity contribution in [1.82, 2.24) is 15.0 Å². The number of nitriles is 2. The molecular formula is C63H37N5. The molecule has 12 rings (SSSR count). The molecule has 0 saturated heterocycles. The van der Waals surface area contributed by atoms with E-state index >= 15 is 0 Å². The maximum atomic E-state index is 10.4. The third kappa shape index (κ3) is 7.18. The van der Waals surface area contributed by atoms with E-state index in [9.17, 15) is 10.5 Å². The monoisotopic (exact) mass is 863 g/mol. The van der Waals surface area contributed by atoms with Crippen LogP contribution in [-0.2, 0) is 0 Å². The molecule has 1 aliphatic rings. The Morgan fingerprint density at radius 2 is 0.765 bits per heavy atom. The molecule has 0 unspecified atom stereocenters. The smallest absolute Gasteiger partial charge is 0.164 e. The molecule has 1 aromatic heterocycles. The van der Waals surface area contributed by atoms with Crippen molar-refractivity contribution in [2.75, 3.05) is 0 Å². The zero-order chi connectivity index (χ0) is 45.6. The summed E-state index contributed by atoms with van der Waals surface area (Å²) >= 11 is 0. The molecule has 0 radical (unpaired) electrons. The van der Waals surface area contributed by atoms with Gasteiger partial charge in [-0.2, -0.15) is 10.5 Å². The van der Waals surface area contributed by atoms with E-state index in [1.807, 2.05) is 103 Å². The Morgan fingerprint density at radius 3 is 1.44 bits per heavy atom. The molecule has 10 aromatic carbocycles. The van der Waals surface area contributed by atoms with E-state index in [-0.39, 0.29) is 0 Å². The molecule has 1 heterocycles. The lowest BCUT2D eigenvalue weighted by atomic mass is 9.91. The molecule has 314 valence electrons. The van der Waals surface area contributed by atoms with Crippen molar-refractivity contribution in [3.05, 3.63) is 236 Å². The van der Waals surface area contributed by atoms with Crippen LogP contribution in [0.1, 0.15) is 11.1 Å². The lowest BCUT2D eigenvalue weighted by molar-refractivity contribution is 1.07. The van der Waals surface area contributed by atoms with Crippen molar-refractivity contribution < 1.29 is 0 Å². The highest BCUT2D eigenvalue weighted by Gasteiger charge is 2.24. The minimum atomic E-state index is 0.520. The van der Waals surface area contributed by atoms with E-state index < -0.39 is 0 Å². The van der Waals surface area contributed by atoms with Crippen LogP contribution in [0.5, 0.6) is 0 Å². The summed E-state index contributed by atoms with van der Waals surface area (Å²) < 4.78 is 0. The van der Waals surface area contributed by atoms with Gasteiger partial charge < -0.3 is 0 Å². The zero-order valence-electron chi connectivity index (χ0n) is 36.6. The maximum absolute atomic E-state index is 10.4. The van der Waals surface area contributed by atoms with Gasteiger partial charge in [0.2, 0.25) is 0 Å². The first-order valence-corrected chi connectivity index (χ1v) is 22.5. The lowest BCUT2D eigenvalue weighted by Crippen LogP contribution is -2.00. The lowest BCUT2D eigenvalue weighted by Gasteiger charge is -2.13. The Balaban J connectivity index is 0.877. The van der Waals surface area contributed by atoms with Gasteiger partial charge in [-0.3, -0.25) is 0 Å². The summed E-state index contributed by atoms with van der Waals surface area (Å²) in [5.74, 6) is 1.62. The van der Waals surface area contributed by atoms with Crippen molar-refractivity contribution >= 4 is 10.8 Å². The Bertz CT molecular complexity index is 3860. The van der Waals surface area contributed by atoms with Gasteiger partial charge in [-0.15, -0.1) is 0 Å². The summed E-state index contributed by atoms with van der Waals surface area (Å²) in [6.07, 6.45) is 0. The predicted octanol–water partition coefficient (Wildman–Crippen LogP) is 15.8. The highest BCUT2D eigenvalue weighted by Crippen LogP contribution is 2.51. The van der Waals surface area contributed by atoms with Crippen molar-refractivity contribution in [2.24, 2.45) is 0 Å². The van der Waals surface area contributed by atoms with E-state index in [0.29, 0.717) is 28.6 Å². The molecule has 0 N–H and O–H groups in total. The molecule has 0 saturated carbocycles. The number of fused-ring (bicyclic) bond motifs is 3. The topological polar surface area (TPSA) is 86.2 Å². The molecule has 0 aliphatic heterocycles. The summed E-state index contributed by atoms with van der Waals surface area (Å²) in [5.41, 5.74) is 19.3. The first-order chi connectivity index (χ1) is 33.6. The predicted molar refractivity (Wildman–Crippen MR) is 275 cm³/mol.